The van der Waals surface area contributed by atoms with Gasteiger partial charge in [0.2, 0.25) is 0 Å². The summed E-state index contributed by atoms with van der Waals surface area (Å²) in [5.74, 6) is 1.91. The molecule has 0 amide bonds. The van der Waals surface area contributed by atoms with E-state index in [1.165, 1.54) is 37.1 Å². The summed E-state index contributed by atoms with van der Waals surface area (Å²) in [4.78, 5) is 4.72. The van der Waals surface area contributed by atoms with E-state index in [9.17, 15) is 0 Å². The van der Waals surface area contributed by atoms with E-state index < -0.39 is 0 Å². The molecule has 1 saturated heterocycles. The maximum absolute atomic E-state index is 6.00. The monoisotopic (exact) mass is 243 g/mol. The Labute approximate surface area is 100 Å². The molecule has 16 heavy (non-hydrogen) atoms. The van der Waals surface area contributed by atoms with Crippen LogP contribution in [0.2, 0.25) is 0 Å². The second-order valence-electron chi connectivity index (χ2n) is 4.93. The molecule has 2 atom stereocenters. The van der Waals surface area contributed by atoms with Crippen molar-refractivity contribution in [2.24, 2.45) is 10.9 Å². The van der Waals surface area contributed by atoms with Crippen LogP contribution in [0.1, 0.15) is 32.1 Å². The van der Waals surface area contributed by atoms with Gasteiger partial charge in [0.15, 0.2) is 0 Å². The Bertz CT molecular complexity index is 272. The SMILES string of the molecule is C1CCC(C2=NCC[SH]2OCC2CO2)CC1. The Hall–Kier alpha value is -0.0600. The first-order chi connectivity index (χ1) is 7.93. The summed E-state index contributed by atoms with van der Waals surface area (Å²) in [6.45, 7) is 2.71. The molecule has 0 aromatic heterocycles. The highest BCUT2D eigenvalue weighted by atomic mass is 32.2. The Morgan fingerprint density at radius 3 is 2.88 bits per heavy atom. The van der Waals surface area contributed by atoms with Crippen molar-refractivity contribution in [3.63, 3.8) is 0 Å². The van der Waals surface area contributed by atoms with Crippen molar-refractivity contribution in [2.75, 3.05) is 25.5 Å². The van der Waals surface area contributed by atoms with Crippen molar-refractivity contribution in [1.82, 2.24) is 0 Å². The van der Waals surface area contributed by atoms with E-state index in [0.29, 0.717) is 6.10 Å². The lowest BCUT2D eigenvalue weighted by molar-refractivity contribution is 0.293. The first kappa shape index (κ1) is 11.1. The first-order valence-corrected chi connectivity index (χ1v) is 7.94. The van der Waals surface area contributed by atoms with Gasteiger partial charge in [-0.15, -0.1) is 11.2 Å². The fourth-order valence-corrected chi connectivity index (χ4v) is 4.65. The third-order valence-electron chi connectivity index (χ3n) is 3.62. The molecule has 0 aromatic rings. The average Bonchev–Trinajstić information content (AvgIpc) is 3.05. The van der Waals surface area contributed by atoms with Crippen LogP contribution in [0, 0.1) is 5.92 Å². The molecule has 4 heteroatoms. The fourth-order valence-electron chi connectivity index (χ4n) is 2.61. The van der Waals surface area contributed by atoms with Gasteiger partial charge in [0.05, 0.1) is 18.3 Å². The maximum Gasteiger partial charge on any atom is 0.105 e. The Morgan fingerprint density at radius 2 is 2.12 bits per heavy atom. The third-order valence-corrected chi connectivity index (χ3v) is 5.71. The standard InChI is InChI=1S/C12H21NO2S/c1-2-4-10(5-3-1)12-13-6-7-16(12)15-9-11-8-14-11/h10-11,16H,1-9H2. The zero-order chi connectivity index (χ0) is 10.8. The summed E-state index contributed by atoms with van der Waals surface area (Å²) in [6, 6.07) is 0. The average molecular weight is 243 g/mol. The highest BCUT2D eigenvalue weighted by Crippen LogP contribution is 2.41. The molecule has 92 valence electrons. The van der Waals surface area contributed by atoms with Gasteiger partial charge in [-0.25, -0.2) is 0 Å². The van der Waals surface area contributed by atoms with Crippen molar-refractivity contribution in [2.45, 2.75) is 38.2 Å². The Balaban J connectivity index is 1.54. The Morgan fingerprint density at radius 1 is 1.31 bits per heavy atom. The minimum atomic E-state index is -0.354. The van der Waals surface area contributed by atoms with Gasteiger partial charge in [0, 0.05) is 18.2 Å². The van der Waals surface area contributed by atoms with Crippen molar-refractivity contribution in [3.8, 4) is 0 Å². The fraction of sp³-hybridized carbons (Fsp3) is 0.917. The largest absolute Gasteiger partial charge is 0.371 e. The van der Waals surface area contributed by atoms with Crippen molar-refractivity contribution >= 4 is 16.2 Å². The lowest BCUT2D eigenvalue weighted by Crippen LogP contribution is -2.18. The number of epoxide rings is 1. The van der Waals surface area contributed by atoms with Gasteiger partial charge in [-0.05, 0) is 12.8 Å². The van der Waals surface area contributed by atoms with Crippen molar-refractivity contribution < 1.29 is 8.92 Å². The maximum atomic E-state index is 6.00. The molecule has 0 bridgehead atoms. The molecule has 2 unspecified atom stereocenters. The highest BCUT2D eigenvalue weighted by molar-refractivity contribution is 8.26. The van der Waals surface area contributed by atoms with Crippen LogP contribution >= 0.6 is 11.2 Å². The van der Waals surface area contributed by atoms with Crippen LogP contribution in [0.25, 0.3) is 0 Å². The van der Waals surface area contributed by atoms with Crippen LogP contribution in [0.15, 0.2) is 4.99 Å². The first-order valence-electron chi connectivity index (χ1n) is 6.50. The second kappa shape index (κ2) is 5.07. The summed E-state index contributed by atoms with van der Waals surface area (Å²) < 4.78 is 11.2. The van der Waals surface area contributed by atoms with E-state index in [-0.39, 0.29) is 11.2 Å². The summed E-state index contributed by atoms with van der Waals surface area (Å²) in [5, 5.41) is 1.44. The molecule has 1 aliphatic carbocycles. The van der Waals surface area contributed by atoms with Crippen LogP contribution in [-0.4, -0.2) is 36.7 Å². The molecular weight excluding hydrogens is 222 g/mol. The van der Waals surface area contributed by atoms with Crippen molar-refractivity contribution in [3.05, 3.63) is 0 Å². The van der Waals surface area contributed by atoms with E-state index >= 15 is 0 Å². The van der Waals surface area contributed by atoms with E-state index in [2.05, 4.69) is 0 Å². The molecule has 0 aromatic carbocycles. The number of aliphatic imine (C=N–C) groups is 1. The highest BCUT2D eigenvalue weighted by Gasteiger charge is 2.30. The van der Waals surface area contributed by atoms with Gasteiger partial charge in [-0.1, -0.05) is 19.3 Å². The van der Waals surface area contributed by atoms with Gasteiger partial charge in [-0.2, -0.15) is 0 Å². The molecule has 0 spiro atoms. The summed E-state index contributed by atoms with van der Waals surface area (Å²) >= 11 is -0.354. The summed E-state index contributed by atoms with van der Waals surface area (Å²) in [5.41, 5.74) is 0. The summed E-state index contributed by atoms with van der Waals surface area (Å²) in [7, 11) is 0. The van der Waals surface area contributed by atoms with E-state index in [4.69, 9.17) is 13.9 Å². The van der Waals surface area contributed by atoms with Gasteiger partial charge >= 0.3 is 0 Å². The lowest BCUT2D eigenvalue weighted by Gasteiger charge is -2.27. The third kappa shape index (κ3) is 2.60. The second-order valence-corrected chi connectivity index (χ2v) is 6.85. The zero-order valence-electron chi connectivity index (χ0n) is 9.73. The lowest BCUT2D eigenvalue weighted by atomic mass is 9.90. The molecule has 2 heterocycles. The number of rotatable bonds is 4. The van der Waals surface area contributed by atoms with Gasteiger partial charge in [0.1, 0.15) is 6.10 Å². The van der Waals surface area contributed by atoms with Gasteiger partial charge < -0.3 is 8.92 Å². The van der Waals surface area contributed by atoms with Crippen LogP contribution in [-0.2, 0) is 8.92 Å². The molecule has 3 rings (SSSR count). The number of hydrogen-bond acceptors (Lipinski definition) is 3. The number of thiol groups is 1. The van der Waals surface area contributed by atoms with Crippen LogP contribution < -0.4 is 0 Å². The minimum absolute atomic E-state index is 0.354. The smallest absolute Gasteiger partial charge is 0.105 e. The van der Waals surface area contributed by atoms with Gasteiger partial charge in [-0.3, -0.25) is 4.99 Å². The molecule has 1 saturated carbocycles. The van der Waals surface area contributed by atoms with Crippen molar-refractivity contribution in [1.29, 1.82) is 0 Å². The minimum Gasteiger partial charge on any atom is -0.371 e. The number of nitrogens with zero attached hydrogens (tertiary/aromatic N) is 1. The van der Waals surface area contributed by atoms with E-state index in [1.807, 2.05) is 0 Å². The molecule has 3 nitrogen and oxygen atoms in total. The van der Waals surface area contributed by atoms with Crippen LogP contribution in [0.3, 0.4) is 0 Å². The molecule has 0 radical (unpaired) electrons. The normalized spacial score (nSPS) is 37.4. The topological polar surface area (TPSA) is 34.1 Å². The number of ether oxygens (including phenoxy) is 1. The van der Waals surface area contributed by atoms with Crippen LogP contribution in [0.4, 0.5) is 0 Å². The van der Waals surface area contributed by atoms with Gasteiger partial charge in [0.25, 0.3) is 0 Å². The van der Waals surface area contributed by atoms with E-state index in [0.717, 1.165) is 31.4 Å². The quantitative estimate of drug-likeness (QED) is 0.607. The predicted octanol–water partition coefficient (Wildman–Crippen LogP) is 2.31. The molecule has 2 fully saturated rings. The molecule has 3 aliphatic rings. The molecule has 2 aliphatic heterocycles. The van der Waals surface area contributed by atoms with E-state index in [1.54, 1.807) is 0 Å². The van der Waals surface area contributed by atoms with Crippen LogP contribution in [0.5, 0.6) is 0 Å². The molecular formula is C12H21NO2S. The summed E-state index contributed by atoms with van der Waals surface area (Å²) in [6.07, 6.45) is 7.29. The zero-order valence-corrected chi connectivity index (χ0v) is 10.6. The number of hydrogen-bond donors (Lipinski definition) is 1. The molecule has 0 N–H and O–H groups in total. The predicted molar refractivity (Wildman–Crippen MR) is 68.4 cm³/mol. The Kier molecular flexibility index (Phi) is 3.50.